The summed E-state index contributed by atoms with van der Waals surface area (Å²) < 4.78 is 0.746. The minimum atomic E-state index is -0.585. The van der Waals surface area contributed by atoms with Gasteiger partial charge in [0.05, 0.1) is 28.1 Å². The van der Waals surface area contributed by atoms with Gasteiger partial charge in [0, 0.05) is 15.9 Å². The SMILES string of the molecule is N#Cc1ccc(NC(=O)C2CSCN2C(=O)c2cc(Br)ccc2Cl)cc1. The molecule has 1 aliphatic heterocycles. The Morgan fingerprint density at radius 3 is 2.69 bits per heavy atom. The van der Waals surface area contributed by atoms with Gasteiger partial charge in [-0.05, 0) is 42.5 Å². The number of carbonyl (C=O) groups excluding carboxylic acids is 2. The molecule has 1 atom stereocenters. The Morgan fingerprint density at radius 1 is 1.27 bits per heavy atom. The van der Waals surface area contributed by atoms with E-state index in [0.717, 1.165) is 4.47 Å². The average Bonchev–Trinajstić information content (AvgIpc) is 3.13. The van der Waals surface area contributed by atoms with Crippen LogP contribution in [0.3, 0.4) is 0 Å². The minimum absolute atomic E-state index is 0.265. The summed E-state index contributed by atoms with van der Waals surface area (Å²) in [7, 11) is 0. The van der Waals surface area contributed by atoms with Gasteiger partial charge < -0.3 is 10.2 Å². The Balaban J connectivity index is 1.76. The van der Waals surface area contributed by atoms with Crippen molar-refractivity contribution in [2.45, 2.75) is 6.04 Å². The van der Waals surface area contributed by atoms with Gasteiger partial charge in [-0.15, -0.1) is 11.8 Å². The van der Waals surface area contributed by atoms with Crippen LogP contribution in [-0.2, 0) is 4.79 Å². The molecule has 1 fully saturated rings. The van der Waals surface area contributed by atoms with Crippen molar-refractivity contribution in [3.63, 3.8) is 0 Å². The van der Waals surface area contributed by atoms with Gasteiger partial charge in [0.25, 0.3) is 5.91 Å². The third-order valence-corrected chi connectivity index (χ3v) is 5.72. The highest BCUT2D eigenvalue weighted by Crippen LogP contribution is 2.28. The summed E-state index contributed by atoms with van der Waals surface area (Å²) in [6.45, 7) is 0. The second kappa shape index (κ2) is 8.12. The molecule has 0 bridgehead atoms. The number of amides is 2. The standard InChI is InChI=1S/C18H13BrClN3O2S/c19-12-3-6-15(20)14(7-12)18(25)23-10-26-9-16(23)17(24)22-13-4-1-11(8-21)2-5-13/h1-7,16H,9-10H2,(H,22,24). The van der Waals surface area contributed by atoms with E-state index in [1.807, 2.05) is 6.07 Å². The van der Waals surface area contributed by atoms with Crippen molar-refractivity contribution in [1.82, 2.24) is 4.90 Å². The van der Waals surface area contributed by atoms with Crippen LogP contribution in [0.25, 0.3) is 0 Å². The molecule has 5 nitrogen and oxygen atoms in total. The Hall–Kier alpha value is -2.01. The summed E-state index contributed by atoms with van der Waals surface area (Å²) in [4.78, 5) is 27.0. The molecule has 1 aliphatic rings. The van der Waals surface area contributed by atoms with Gasteiger partial charge in [-0.3, -0.25) is 9.59 Å². The van der Waals surface area contributed by atoms with Gasteiger partial charge >= 0.3 is 0 Å². The van der Waals surface area contributed by atoms with E-state index in [4.69, 9.17) is 16.9 Å². The van der Waals surface area contributed by atoms with Crippen LogP contribution in [0.2, 0.25) is 5.02 Å². The molecule has 1 unspecified atom stereocenters. The van der Waals surface area contributed by atoms with Crippen LogP contribution in [0.1, 0.15) is 15.9 Å². The number of benzene rings is 2. The van der Waals surface area contributed by atoms with E-state index in [2.05, 4.69) is 21.2 Å². The van der Waals surface area contributed by atoms with Crippen molar-refractivity contribution < 1.29 is 9.59 Å². The number of anilines is 1. The summed E-state index contributed by atoms with van der Waals surface area (Å²) in [6, 6.07) is 13.1. The lowest BCUT2D eigenvalue weighted by Crippen LogP contribution is -2.44. The topological polar surface area (TPSA) is 73.2 Å². The van der Waals surface area contributed by atoms with Crippen molar-refractivity contribution in [1.29, 1.82) is 5.26 Å². The number of hydrogen-bond acceptors (Lipinski definition) is 4. The number of nitrogens with zero attached hydrogens (tertiary/aromatic N) is 2. The van der Waals surface area contributed by atoms with Gasteiger partial charge in [0.2, 0.25) is 5.91 Å². The second-order valence-electron chi connectivity index (χ2n) is 5.59. The molecule has 1 heterocycles. The fourth-order valence-corrected chi connectivity index (χ4v) is 4.24. The third kappa shape index (κ3) is 4.04. The molecule has 2 aromatic rings. The maximum Gasteiger partial charge on any atom is 0.256 e. The van der Waals surface area contributed by atoms with E-state index in [0.29, 0.717) is 33.5 Å². The molecule has 0 radical (unpaired) electrons. The highest BCUT2D eigenvalue weighted by atomic mass is 79.9. The molecule has 26 heavy (non-hydrogen) atoms. The summed E-state index contributed by atoms with van der Waals surface area (Å²) in [6.07, 6.45) is 0. The van der Waals surface area contributed by atoms with Gasteiger partial charge in [-0.25, -0.2) is 0 Å². The third-order valence-electron chi connectivity index (χ3n) is 3.89. The van der Waals surface area contributed by atoms with E-state index in [-0.39, 0.29) is 11.8 Å². The molecule has 0 aliphatic carbocycles. The first-order chi connectivity index (χ1) is 12.5. The smallest absolute Gasteiger partial charge is 0.256 e. The number of thioether (sulfide) groups is 1. The van der Waals surface area contributed by atoms with E-state index in [1.165, 1.54) is 16.7 Å². The van der Waals surface area contributed by atoms with Gasteiger partial charge in [-0.2, -0.15) is 5.26 Å². The van der Waals surface area contributed by atoms with E-state index in [9.17, 15) is 9.59 Å². The fraction of sp³-hybridized carbons (Fsp3) is 0.167. The number of rotatable bonds is 3. The van der Waals surface area contributed by atoms with E-state index < -0.39 is 6.04 Å². The van der Waals surface area contributed by atoms with Crippen LogP contribution in [0.15, 0.2) is 46.9 Å². The molecule has 0 spiro atoms. The molecule has 132 valence electrons. The van der Waals surface area contributed by atoms with Crippen LogP contribution in [0.4, 0.5) is 5.69 Å². The summed E-state index contributed by atoms with van der Waals surface area (Å²) >= 11 is 11.0. The number of carbonyl (C=O) groups is 2. The molecule has 1 saturated heterocycles. The van der Waals surface area contributed by atoms with Gasteiger partial charge in [0.1, 0.15) is 6.04 Å². The average molecular weight is 451 g/mol. The van der Waals surface area contributed by atoms with Crippen LogP contribution < -0.4 is 5.32 Å². The molecule has 3 rings (SSSR count). The lowest BCUT2D eigenvalue weighted by atomic mass is 10.1. The highest BCUT2D eigenvalue weighted by Gasteiger charge is 2.35. The molecule has 8 heteroatoms. The zero-order chi connectivity index (χ0) is 18.7. The summed E-state index contributed by atoms with van der Waals surface area (Å²) in [5.41, 5.74) is 1.46. The summed E-state index contributed by atoms with van der Waals surface area (Å²) in [5, 5.41) is 12.0. The largest absolute Gasteiger partial charge is 0.324 e. The number of nitriles is 1. The molecular weight excluding hydrogens is 438 g/mol. The van der Waals surface area contributed by atoms with Crippen molar-refractivity contribution in [3.05, 3.63) is 63.1 Å². The van der Waals surface area contributed by atoms with E-state index >= 15 is 0 Å². The molecule has 0 aromatic heterocycles. The lowest BCUT2D eigenvalue weighted by molar-refractivity contribution is -0.119. The first-order valence-electron chi connectivity index (χ1n) is 7.64. The number of halogens is 2. The number of nitrogens with one attached hydrogen (secondary N) is 1. The Bertz CT molecular complexity index is 898. The van der Waals surface area contributed by atoms with Gasteiger partial charge in [-0.1, -0.05) is 27.5 Å². The first kappa shape index (κ1) is 18.8. The first-order valence-corrected chi connectivity index (χ1v) is 9.97. The minimum Gasteiger partial charge on any atom is -0.324 e. The van der Waals surface area contributed by atoms with Crippen molar-refractivity contribution in [3.8, 4) is 6.07 Å². The van der Waals surface area contributed by atoms with E-state index in [1.54, 1.807) is 42.5 Å². The maximum absolute atomic E-state index is 12.9. The maximum atomic E-state index is 12.9. The number of hydrogen-bond donors (Lipinski definition) is 1. The molecule has 0 saturated carbocycles. The normalized spacial score (nSPS) is 16.2. The fourth-order valence-electron chi connectivity index (χ4n) is 2.53. The van der Waals surface area contributed by atoms with Crippen LogP contribution in [0, 0.1) is 11.3 Å². The monoisotopic (exact) mass is 449 g/mol. The quantitative estimate of drug-likeness (QED) is 0.763. The lowest BCUT2D eigenvalue weighted by Gasteiger charge is -2.23. The Labute approximate surface area is 168 Å². The van der Waals surface area contributed by atoms with Crippen LogP contribution in [-0.4, -0.2) is 34.4 Å². The molecule has 2 aromatic carbocycles. The zero-order valence-electron chi connectivity index (χ0n) is 13.4. The van der Waals surface area contributed by atoms with Crippen molar-refractivity contribution >= 4 is 56.8 Å². The van der Waals surface area contributed by atoms with Gasteiger partial charge in [0.15, 0.2) is 0 Å². The summed E-state index contributed by atoms with van der Waals surface area (Å²) in [5.74, 6) is 0.396. The second-order valence-corrected chi connectivity index (χ2v) is 7.92. The zero-order valence-corrected chi connectivity index (χ0v) is 16.6. The van der Waals surface area contributed by atoms with Crippen molar-refractivity contribution in [2.24, 2.45) is 0 Å². The van der Waals surface area contributed by atoms with Crippen LogP contribution in [0.5, 0.6) is 0 Å². The van der Waals surface area contributed by atoms with Crippen molar-refractivity contribution in [2.75, 3.05) is 16.9 Å². The predicted octanol–water partition coefficient (Wildman–Crippen LogP) is 4.13. The van der Waals surface area contributed by atoms with Crippen LogP contribution >= 0.6 is 39.3 Å². The Morgan fingerprint density at radius 2 is 2.00 bits per heavy atom. The predicted molar refractivity (Wildman–Crippen MR) is 106 cm³/mol. The molecule has 2 amide bonds. The molecular formula is C18H13BrClN3O2S. The highest BCUT2D eigenvalue weighted by molar-refractivity contribution is 9.10. The Kier molecular flexibility index (Phi) is 5.87. The molecule has 1 N–H and O–H groups in total.